The Morgan fingerprint density at radius 2 is 2.05 bits per heavy atom. The third-order valence-corrected chi connectivity index (χ3v) is 2.82. The molecule has 1 N–H and O–H groups in total. The highest BCUT2D eigenvalue weighted by atomic mass is 16.5. The molecule has 1 aromatic carbocycles. The van der Waals surface area contributed by atoms with Crippen molar-refractivity contribution in [1.29, 1.82) is 0 Å². The lowest BCUT2D eigenvalue weighted by Gasteiger charge is -2.02. The minimum absolute atomic E-state index is 0.671. The van der Waals surface area contributed by atoms with Crippen molar-refractivity contribution < 1.29 is 4.74 Å². The number of methoxy groups -OCH3 is 1. The lowest BCUT2D eigenvalue weighted by Crippen LogP contribution is -2.19. The zero-order valence-corrected chi connectivity index (χ0v) is 11.5. The Morgan fingerprint density at radius 3 is 2.79 bits per heavy atom. The van der Waals surface area contributed by atoms with Crippen LogP contribution < -0.4 is 5.32 Å². The van der Waals surface area contributed by atoms with Crippen LogP contribution in [-0.4, -0.2) is 35.0 Å². The van der Waals surface area contributed by atoms with Gasteiger partial charge in [0.05, 0.1) is 19.7 Å². The Morgan fingerprint density at radius 1 is 1.26 bits per heavy atom. The first-order valence-electron chi connectivity index (χ1n) is 6.41. The minimum Gasteiger partial charge on any atom is -0.383 e. The molecule has 0 unspecified atom stereocenters. The molecule has 5 heteroatoms. The molecule has 1 aromatic heterocycles. The molecule has 0 bridgehead atoms. The number of nitrogens with one attached hydrogen (secondary N) is 1. The van der Waals surface area contributed by atoms with Crippen LogP contribution in [0.4, 0.5) is 0 Å². The van der Waals surface area contributed by atoms with Crippen molar-refractivity contribution in [3.63, 3.8) is 0 Å². The van der Waals surface area contributed by atoms with E-state index in [1.165, 1.54) is 11.1 Å². The van der Waals surface area contributed by atoms with Gasteiger partial charge in [-0.2, -0.15) is 5.10 Å². The molecule has 5 nitrogen and oxygen atoms in total. The van der Waals surface area contributed by atoms with Gasteiger partial charge in [-0.1, -0.05) is 29.8 Å². The quantitative estimate of drug-likeness (QED) is 0.764. The second-order valence-electron chi connectivity index (χ2n) is 4.51. The zero-order chi connectivity index (χ0) is 13.5. The molecule has 0 aliphatic carbocycles. The van der Waals surface area contributed by atoms with E-state index >= 15 is 0 Å². The molecule has 1 heterocycles. The maximum Gasteiger partial charge on any atom is 0.164 e. The van der Waals surface area contributed by atoms with E-state index in [0.29, 0.717) is 13.2 Å². The molecule has 0 atom stereocenters. The Kier molecular flexibility index (Phi) is 5.06. The highest BCUT2D eigenvalue weighted by Gasteiger charge is 2.01. The fraction of sp³-hybridized carbons (Fsp3) is 0.429. The smallest absolute Gasteiger partial charge is 0.164 e. The molecule has 0 aliphatic heterocycles. The average molecular weight is 260 g/mol. The first-order valence-corrected chi connectivity index (χ1v) is 6.41. The van der Waals surface area contributed by atoms with Crippen LogP contribution in [0, 0.1) is 6.92 Å². The largest absolute Gasteiger partial charge is 0.383 e. The van der Waals surface area contributed by atoms with Gasteiger partial charge >= 0.3 is 0 Å². The Bertz CT molecular complexity index is 492. The molecular formula is C14H20N4O. The predicted octanol–water partition coefficient (Wildman–Crippen LogP) is 1.37. The molecule has 2 aromatic rings. The van der Waals surface area contributed by atoms with Crippen molar-refractivity contribution in [2.24, 2.45) is 0 Å². The number of rotatable bonds is 7. The maximum atomic E-state index is 4.97. The minimum atomic E-state index is 0.671. The first kappa shape index (κ1) is 13.7. The summed E-state index contributed by atoms with van der Waals surface area (Å²) in [4.78, 5) is 4.28. The lowest BCUT2D eigenvalue weighted by molar-refractivity contribution is 0.199. The van der Waals surface area contributed by atoms with Crippen LogP contribution in [0.15, 0.2) is 30.6 Å². The molecule has 0 saturated heterocycles. The number of hydrogen-bond donors (Lipinski definition) is 1. The van der Waals surface area contributed by atoms with Gasteiger partial charge in [0.15, 0.2) is 5.82 Å². The van der Waals surface area contributed by atoms with Gasteiger partial charge in [0, 0.05) is 13.7 Å². The van der Waals surface area contributed by atoms with Crippen molar-refractivity contribution in [2.45, 2.75) is 20.0 Å². The molecule has 0 aliphatic rings. The molecule has 102 valence electrons. The fourth-order valence-corrected chi connectivity index (χ4v) is 1.75. The normalized spacial score (nSPS) is 10.8. The van der Waals surface area contributed by atoms with E-state index < -0.39 is 0 Å². The maximum absolute atomic E-state index is 4.97. The van der Waals surface area contributed by atoms with Crippen LogP contribution in [-0.2, 0) is 17.8 Å². The fourth-order valence-electron chi connectivity index (χ4n) is 1.75. The van der Waals surface area contributed by atoms with Crippen molar-refractivity contribution in [1.82, 2.24) is 20.1 Å². The molecular weight excluding hydrogens is 240 g/mol. The van der Waals surface area contributed by atoms with Crippen molar-refractivity contribution in [2.75, 3.05) is 20.3 Å². The summed E-state index contributed by atoms with van der Waals surface area (Å²) in [5, 5.41) is 7.65. The van der Waals surface area contributed by atoms with E-state index in [2.05, 4.69) is 46.6 Å². The van der Waals surface area contributed by atoms with Gasteiger partial charge in [0.1, 0.15) is 6.33 Å². The van der Waals surface area contributed by atoms with E-state index in [1.54, 1.807) is 13.4 Å². The lowest BCUT2D eigenvalue weighted by atomic mass is 10.1. The van der Waals surface area contributed by atoms with Gasteiger partial charge < -0.3 is 10.1 Å². The first-order chi connectivity index (χ1) is 9.28. The number of ether oxygens (including phenoxy) is 1. The van der Waals surface area contributed by atoms with Crippen molar-refractivity contribution in [3.05, 3.63) is 47.5 Å². The summed E-state index contributed by atoms with van der Waals surface area (Å²) in [5.41, 5.74) is 2.50. The number of aromatic nitrogens is 3. The SMILES string of the molecule is COCCNCc1ncn(Cc2ccc(C)cc2)n1. The number of aryl methyl sites for hydroxylation is 1. The number of nitrogens with zero attached hydrogens (tertiary/aromatic N) is 3. The number of benzene rings is 1. The molecule has 0 saturated carbocycles. The van der Waals surface area contributed by atoms with Gasteiger partial charge in [-0.3, -0.25) is 0 Å². The standard InChI is InChI=1S/C14H20N4O/c1-12-3-5-13(6-4-12)10-18-11-16-14(17-18)9-15-7-8-19-2/h3-6,11,15H,7-10H2,1-2H3. The summed E-state index contributed by atoms with van der Waals surface area (Å²) in [6.07, 6.45) is 1.77. The van der Waals surface area contributed by atoms with E-state index in [9.17, 15) is 0 Å². The predicted molar refractivity (Wildman–Crippen MR) is 73.9 cm³/mol. The molecule has 0 amide bonds. The second kappa shape index (κ2) is 7.01. The summed E-state index contributed by atoms with van der Waals surface area (Å²) in [6.45, 7) is 5.02. The van der Waals surface area contributed by atoms with Crippen molar-refractivity contribution in [3.8, 4) is 0 Å². The Hall–Kier alpha value is -1.72. The van der Waals surface area contributed by atoms with Gasteiger partial charge in [-0.15, -0.1) is 0 Å². The Balaban J connectivity index is 1.85. The number of hydrogen-bond acceptors (Lipinski definition) is 4. The summed E-state index contributed by atoms with van der Waals surface area (Å²) in [7, 11) is 1.69. The molecule has 0 fully saturated rings. The van der Waals surface area contributed by atoms with Gasteiger partial charge in [-0.25, -0.2) is 9.67 Å². The summed E-state index contributed by atoms with van der Waals surface area (Å²) in [5.74, 6) is 0.809. The zero-order valence-electron chi connectivity index (χ0n) is 11.5. The van der Waals surface area contributed by atoms with Crippen LogP contribution in [0.25, 0.3) is 0 Å². The summed E-state index contributed by atoms with van der Waals surface area (Å²) >= 11 is 0. The highest BCUT2D eigenvalue weighted by Crippen LogP contribution is 2.04. The van der Waals surface area contributed by atoms with Crippen molar-refractivity contribution >= 4 is 0 Å². The summed E-state index contributed by atoms with van der Waals surface area (Å²) < 4.78 is 6.82. The van der Waals surface area contributed by atoms with E-state index in [4.69, 9.17) is 4.74 Å². The van der Waals surface area contributed by atoms with E-state index in [1.807, 2.05) is 4.68 Å². The molecule has 19 heavy (non-hydrogen) atoms. The van der Waals surface area contributed by atoms with Gasteiger partial charge in [-0.05, 0) is 12.5 Å². The van der Waals surface area contributed by atoms with Crippen LogP contribution in [0.5, 0.6) is 0 Å². The molecule has 2 rings (SSSR count). The second-order valence-corrected chi connectivity index (χ2v) is 4.51. The topological polar surface area (TPSA) is 52.0 Å². The van der Waals surface area contributed by atoms with Crippen LogP contribution in [0.2, 0.25) is 0 Å². The van der Waals surface area contributed by atoms with Crippen LogP contribution in [0.3, 0.4) is 0 Å². The van der Waals surface area contributed by atoms with E-state index in [0.717, 1.165) is 18.9 Å². The molecule has 0 radical (unpaired) electrons. The summed E-state index contributed by atoms with van der Waals surface area (Å²) in [6, 6.07) is 8.46. The average Bonchev–Trinajstić information content (AvgIpc) is 2.85. The monoisotopic (exact) mass is 260 g/mol. The van der Waals surface area contributed by atoms with Gasteiger partial charge in [0.25, 0.3) is 0 Å². The van der Waals surface area contributed by atoms with E-state index in [-0.39, 0.29) is 0 Å². The third kappa shape index (κ3) is 4.46. The van der Waals surface area contributed by atoms with Gasteiger partial charge in [0.2, 0.25) is 0 Å². The Labute approximate surface area is 113 Å². The highest BCUT2D eigenvalue weighted by molar-refractivity contribution is 5.21. The molecule has 0 spiro atoms. The third-order valence-electron chi connectivity index (χ3n) is 2.82. The van der Waals surface area contributed by atoms with Crippen LogP contribution >= 0.6 is 0 Å². The van der Waals surface area contributed by atoms with Crippen LogP contribution in [0.1, 0.15) is 17.0 Å².